The number of benzene rings is 2. The zero-order valence-corrected chi connectivity index (χ0v) is 30.2. The minimum Gasteiger partial charge on any atom is -0.432 e. The standard InChI is InChI=1S/C38H49N3O12/c1-49-18-6-21-51-22-16-39-34(44)8-4-9-35(45)40-27-11-13-29-28-12-10-26(33(43)7-5-20-50-19-3-2-17-42)23-30(28)32(31(29)24-27)25-52-38(48)53-41-36(46)14-15-37(41)47/h10-13,23-24,32,42H,2-9,14-22,25H2,1H3,(H,39,44)(H,40,45). The first-order valence-corrected chi connectivity index (χ1v) is 18.1. The summed E-state index contributed by atoms with van der Waals surface area (Å²) in [7, 11) is 1.62. The number of hydrogen-bond acceptors (Lipinski definition) is 12. The molecule has 2 aromatic carbocycles. The summed E-state index contributed by atoms with van der Waals surface area (Å²) in [5, 5.41) is 14.9. The second-order valence-electron chi connectivity index (χ2n) is 12.7. The van der Waals surface area contributed by atoms with Crippen LogP contribution in [0.25, 0.3) is 11.1 Å². The molecule has 4 rings (SSSR count). The average molecular weight is 740 g/mol. The van der Waals surface area contributed by atoms with Gasteiger partial charge in [0.25, 0.3) is 11.8 Å². The molecule has 0 bridgehead atoms. The Kier molecular flexibility index (Phi) is 16.8. The van der Waals surface area contributed by atoms with Crippen molar-refractivity contribution in [1.29, 1.82) is 0 Å². The largest absolute Gasteiger partial charge is 0.533 e. The highest BCUT2D eigenvalue weighted by Crippen LogP contribution is 2.46. The predicted molar refractivity (Wildman–Crippen MR) is 191 cm³/mol. The first-order valence-electron chi connectivity index (χ1n) is 18.1. The number of ether oxygens (including phenoxy) is 4. The second-order valence-corrected chi connectivity index (χ2v) is 12.7. The number of ketones is 1. The minimum atomic E-state index is -1.22. The molecule has 0 spiro atoms. The van der Waals surface area contributed by atoms with Crippen LogP contribution in [-0.4, -0.2) is 106 Å². The lowest BCUT2D eigenvalue weighted by Crippen LogP contribution is -2.32. The van der Waals surface area contributed by atoms with Gasteiger partial charge in [0.15, 0.2) is 5.78 Å². The summed E-state index contributed by atoms with van der Waals surface area (Å²) in [6.45, 7) is 2.74. The molecule has 288 valence electrons. The maximum Gasteiger partial charge on any atom is 0.533 e. The number of hydrogen-bond donors (Lipinski definition) is 3. The Morgan fingerprint density at radius 3 is 2.21 bits per heavy atom. The van der Waals surface area contributed by atoms with E-state index in [-0.39, 0.29) is 62.9 Å². The van der Waals surface area contributed by atoms with Gasteiger partial charge in [-0.3, -0.25) is 28.8 Å². The van der Waals surface area contributed by atoms with Gasteiger partial charge in [-0.15, -0.1) is 0 Å². The maximum absolute atomic E-state index is 13.1. The van der Waals surface area contributed by atoms with Gasteiger partial charge in [0.05, 0.1) is 6.61 Å². The van der Waals surface area contributed by atoms with E-state index in [2.05, 4.69) is 10.6 Å². The highest BCUT2D eigenvalue weighted by molar-refractivity contribution is 6.01. The molecule has 2 aromatic rings. The van der Waals surface area contributed by atoms with Crippen molar-refractivity contribution in [3.63, 3.8) is 0 Å². The number of imide groups is 1. The third-order valence-corrected chi connectivity index (χ3v) is 8.69. The van der Waals surface area contributed by atoms with Crippen LogP contribution in [0.5, 0.6) is 0 Å². The smallest absolute Gasteiger partial charge is 0.432 e. The van der Waals surface area contributed by atoms with E-state index in [1.165, 1.54) is 0 Å². The summed E-state index contributed by atoms with van der Waals surface area (Å²) in [6.07, 6.45) is 2.27. The molecule has 1 atom stereocenters. The van der Waals surface area contributed by atoms with Gasteiger partial charge in [0, 0.05) is 96.0 Å². The number of aliphatic hydroxyl groups excluding tert-OH is 1. The number of unbranched alkanes of at least 4 members (excludes halogenated alkanes) is 1. The van der Waals surface area contributed by atoms with Gasteiger partial charge in [0.1, 0.15) is 6.61 Å². The highest BCUT2D eigenvalue weighted by atomic mass is 16.8. The Morgan fingerprint density at radius 1 is 0.774 bits per heavy atom. The minimum absolute atomic E-state index is 0.0602. The van der Waals surface area contributed by atoms with Crippen LogP contribution in [-0.2, 0) is 43.0 Å². The van der Waals surface area contributed by atoms with E-state index in [1.807, 2.05) is 12.1 Å². The molecule has 0 radical (unpaired) electrons. The molecule has 0 aromatic heterocycles. The Hall–Kier alpha value is -4.70. The van der Waals surface area contributed by atoms with Gasteiger partial charge in [-0.05, 0) is 72.6 Å². The molecule has 0 saturated carbocycles. The molecule has 1 unspecified atom stereocenters. The monoisotopic (exact) mass is 739 g/mol. The molecule has 1 fully saturated rings. The SMILES string of the molecule is COCCCOCCNC(=O)CCCC(=O)Nc1ccc2c(c1)C(COC(=O)ON1C(=O)CCC1=O)c1cc(C(=O)CCCOCCCCO)ccc1-2. The second kappa shape index (κ2) is 21.7. The molecular formula is C38H49N3O12. The molecule has 4 amide bonds. The van der Waals surface area contributed by atoms with Crippen LogP contribution >= 0.6 is 0 Å². The summed E-state index contributed by atoms with van der Waals surface area (Å²) in [5.74, 6) is -2.37. The molecule has 1 saturated heterocycles. The fourth-order valence-electron chi connectivity index (χ4n) is 5.99. The Bertz CT molecular complexity index is 1580. The van der Waals surface area contributed by atoms with Gasteiger partial charge < -0.3 is 34.7 Å². The third-order valence-electron chi connectivity index (χ3n) is 8.69. The number of methoxy groups -OCH3 is 1. The number of Topliss-reactive ketones (excluding diaryl/α,β-unsaturated/α-hetero) is 1. The molecule has 15 heteroatoms. The quantitative estimate of drug-likeness (QED) is 0.0606. The average Bonchev–Trinajstić information content (AvgIpc) is 3.63. The number of aliphatic hydroxyl groups is 1. The van der Waals surface area contributed by atoms with Crippen molar-refractivity contribution in [2.45, 2.75) is 70.1 Å². The molecule has 53 heavy (non-hydrogen) atoms. The van der Waals surface area contributed by atoms with Crippen LogP contribution in [0.1, 0.15) is 91.6 Å². The van der Waals surface area contributed by atoms with E-state index in [9.17, 15) is 28.8 Å². The van der Waals surface area contributed by atoms with E-state index < -0.39 is 23.9 Å². The topological polar surface area (TPSA) is 196 Å². The number of nitrogens with one attached hydrogen (secondary N) is 2. The van der Waals surface area contributed by atoms with Gasteiger partial charge in [-0.1, -0.05) is 23.3 Å². The normalized spacial score (nSPS) is 14.5. The molecular weight excluding hydrogens is 690 g/mol. The first-order chi connectivity index (χ1) is 25.7. The number of nitrogens with zero attached hydrogens (tertiary/aromatic N) is 1. The van der Waals surface area contributed by atoms with Crippen molar-refractivity contribution in [2.24, 2.45) is 0 Å². The van der Waals surface area contributed by atoms with E-state index >= 15 is 0 Å². The highest BCUT2D eigenvalue weighted by Gasteiger charge is 2.35. The zero-order valence-electron chi connectivity index (χ0n) is 30.2. The lowest BCUT2D eigenvalue weighted by molar-refractivity contribution is -0.177. The summed E-state index contributed by atoms with van der Waals surface area (Å²) in [6, 6.07) is 10.7. The number of carbonyl (C=O) groups is 6. The van der Waals surface area contributed by atoms with E-state index in [0.717, 1.165) is 35.1 Å². The number of carbonyl (C=O) groups excluding carboxylic acids is 6. The fourth-order valence-corrected chi connectivity index (χ4v) is 5.99. The Labute approximate surface area is 308 Å². The fraction of sp³-hybridized carbons (Fsp3) is 0.526. The molecule has 3 N–H and O–H groups in total. The summed E-state index contributed by atoms with van der Waals surface area (Å²) < 4.78 is 21.3. The number of anilines is 1. The van der Waals surface area contributed by atoms with Crippen LogP contribution in [0.2, 0.25) is 0 Å². The van der Waals surface area contributed by atoms with Crippen molar-refractivity contribution in [1.82, 2.24) is 10.4 Å². The summed E-state index contributed by atoms with van der Waals surface area (Å²) in [5.41, 5.74) is 4.06. The summed E-state index contributed by atoms with van der Waals surface area (Å²) >= 11 is 0. The van der Waals surface area contributed by atoms with Gasteiger partial charge in [-0.2, -0.15) is 0 Å². The van der Waals surface area contributed by atoms with E-state index in [4.69, 9.17) is 28.9 Å². The lowest BCUT2D eigenvalue weighted by Gasteiger charge is -2.17. The predicted octanol–water partition coefficient (Wildman–Crippen LogP) is 4.05. The van der Waals surface area contributed by atoms with E-state index in [1.54, 1.807) is 31.4 Å². The van der Waals surface area contributed by atoms with E-state index in [0.29, 0.717) is 75.2 Å². The van der Waals surface area contributed by atoms with Crippen LogP contribution < -0.4 is 10.6 Å². The Morgan fingerprint density at radius 2 is 1.45 bits per heavy atom. The van der Waals surface area contributed by atoms with Crippen molar-refractivity contribution in [3.05, 3.63) is 53.1 Å². The first kappa shape index (κ1) is 41.1. The molecule has 1 heterocycles. The number of fused-ring (bicyclic) bond motifs is 3. The van der Waals surface area contributed by atoms with Crippen LogP contribution in [0.4, 0.5) is 10.5 Å². The number of rotatable bonds is 24. The number of hydroxylamine groups is 2. The van der Waals surface area contributed by atoms with Crippen molar-refractivity contribution in [2.75, 3.05) is 65.2 Å². The third kappa shape index (κ3) is 12.7. The van der Waals surface area contributed by atoms with Gasteiger partial charge in [-0.25, -0.2) is 4.79 Å². The van der Waals surface area contributed by atoms with Crippen LogP contribution in [0.3, 0.4) is 0 Å². The zero-order chi connectivity index (χ0) is 38.0. The van der Waals surface area contributed by atoms with Gasteiger partial charge >= 0.3 is 6.16 Å². The Balaban J connectivity index is 1.37. The molecule has 15 nitrogen and oxygen atoms in total. The molecule has 2 aliphatic rings. The van der Waals surface area contributed by atoms with Gasteiger partial charge in [0.2, 0.25) is 11.8 Å². The number of amides is 4. The van der Waals surface area contributed by atoms with Crippen LogP contribution in [0, 0.1) is 0 Å². The van der Waals surface area contributed by atoms with Crippen LogP contribution in [0.15, 0.2) is 36.4 Å². The van der Waals surface area contributed by atoms with Crippen molar-refractivity contribution < 1.29 is 57.7 Å². The van der Waals surface area contributed by atoms with Crippen molar-refractivity contribution in [3.8, 4) is 11.1 Å². The lowest BCUT2D eigenvalue weighted by atomic mass is 9.94. The maximum atomic E-state index is 13.1. The molecule has 1 aliphatic carbocycles. The van der Waals surface area contributed by atoms with Crippen molar-refractivity contribution >= 4 is 41.3 Å². The molecule has 1 aliphatic heterocycles. The summed E-state index contributed by atoms with van der Waals surface area (Å²) in [4.78, 5) is 79.5.